The molecule has 0 atom stereocenters. The topological polar surface area (TPSA) is 69.6 Å². The summed E-state index contributed by atoms with van der Waals surface area (Å²) in [6, 6.07) is 0. The van der Waals surface area contributed by atoms with E-state index < -0.39 is 0 Å². The van der Waals surface area contributed by atoms with Gasteiger partial charge in [0, 0.05) is 6.54 Å². The lowest BCUT2D eigenvalue weighted by Crippen LogP contribution is -2.18. The van der Waals surface area contributed by atoms with Crippen molar-refractivity contribution in [2.75, 3.05) is 5.73 Å². The molecule has 2 heterocycles. The fourth-order valence-corrected chi connectivity index (χ4v) is 1.59. The first-order chi connectivity index (χ1) is 7.53. The van der Waals surface area contributed by atoms with E-state index in [1.165, 1.54) is 6.33 Å². The first-order valence-corrected chi connectivity index (χ1v) is 5.45. The van der Waals surface area contributed by atoms with E-state index >= 15 is 0 Å². The Kier molecular flexibility index (Phi) is 2.53. The van der Waals surface area contributed by atoms with Gasteiger partial charge in [-0.15, -0.1) is 0 Å². The van der Waals surface area contributed by atoms with E-state index in [0.717, 1.165) is 18.6 Å². The van der Waals surface area contributed by atoms with Crippen LogP contribution >= 0.6 is 0 Å². The minimum absolute atomic E-state index is 0.230. The number of hydrogen-bond donors (Lipinski definition) is 1. The third-order valence-corrected chi connectivity index (χ3v) is 2.99. The van der Waals surface area contributed by atoms with Crippen molar-refractivity contribution < 1.29 is 0 Å². The molecule has 0 radical (unpaired) electrons. The number of hydrogen-bond acceptors (Lipinski definition) is 4. The van der Waals surface area contributed by atoms with Crippen LogP contribution in [0.5, 0.6) is 0 Å². The van der Waals surface area contributed by atoms with Crippen molar-refractivity contribution in [3.63, 3.8) is 0 Å². The number of imidazole rings is 1. The molecule has 86 valence electrons. The van der Waals surface area contributed by atoms with Crippen LogP contribution in [0.25, 0.3) is 11.2 Å². The Hall–Kier alpha value is -1.65. The van der Waals surface area contributed by atoms with E-state index in [4.69, 9.17) is 5.73 Å². The molecule has 0 amide bonds. The molecule has 0 aliphatic carbocycles. The zero-order chi connectivity index (χ0) is 11.8. The second kappa shape index (κ2) is 3.73. The summed E-state index contributed by atoms with van der Waals surface area (Å²) < 4.78 is 2.04. The molecule has 5 nitrogen and oxygen atoms in total. The predicted molar refractivity (Wildman–Crippen MR) is 63.8 cm³/mol. The van der Waals surface area contributed by atoms with Gasteiger partial charge in [-0.05, 0) is 11.8 Å². The minimum Gasteiger partial charge on any atom is -0.382 e. The first kappa shape index (κ1) is 10.9. The summed E-state index contributed by atoms with van der Waals surface area (Å²) in [5.41, 5.74) is 7.47. The molecule has 0 aromatic carbocycles. The number of nitrogen functional groups attached to an aromatic ring is 1. The summed E-state index contributed by atoms with van der Waals surface area (Å²) in [5, 5.41) is 0. The minimum atomic E-state index is 0.230. The molecule has 2 rings (SSSR count). The molecule has 0 spiro atoms. The van der Waals surface area contributed by atoms with Gasteiger partial charge in [-0.2, -0.15) is 0 Å². The monoisotopic (exact) mass is 219 g/mol. The Balaban J connectivity index is 2.43. The highest BCUT2D eigenvalue weighted by atomic mass is 15.1. The number of fused-ring (bicyclic) bond motifs is 1. The number of nitrogens with zero attached hydrogens (tertiary/aromatic N) is 4. The van der Waals surface area contributed by atoms with E-state index in [9.17, 15) is 0 Å². The van der Waals surface area contributed by atoms with Crippen LogP contribution in [0.1, 0.15) is 27.2 Å². The van der Waals surface area contributed by atoms with E-state index in [-0.39, 0.29) is 5.41 Å². The van der Waals surface area contributed by atoms with Crippen molar-refractivity contribution in [2.45, 2.75) is 33.7 Å². The molecular weight excluding hydrogens is 202 g/mol. The highest BCUT2D eigenvalue weighted by molar-refractivity contribution is 5.81. The maximum Gasteiger partial charge on any atom is 0.165 e. The summed E-state index contributed by atoms with van der Waals surface area (Å²) in [4.78, 5) is 12.4. The number of rotatable bonds is 3. The van der Waals surface area contributed by atoms with E-state index in [1.54, 1.807) is 6.33 Å². The van der Waals surface area contributed by atoms with Crippen molar-refractivity contribution in [3.05, 3.63) is 12.7 Å². The van der Waals surface area contributed by atoms with Crippen molar-refractivity contribution >= 4 is 17.0 Å². The van der Waals surface area contributed by atoms with Crippen LogP contribution < -0.4 is 5.73 Å². The molecule has 5 heteroatoms. The zero-order valence-electron chi connectivity index (χ0n) is 9.94. The Bertz CT molecular complexity index is 500. The lowest BCUT2D eigenvalue weighted by molar-refractivity contribution is 0.297. The van der Waals surface area contributed by atoms with Gasteiger partial charge >= 0.3 is 0 Å². The molecule has 0 aliphatic rings. The second-order valence-electron chi connectivity index (χ2n) is 4.82. The summed E-state index contributed by atoms with van der Waals surface area (Å²) >= 11 is 0. The summed E-state index contributed by atoms with van der Waals surface area (Å²) in [6.45, 7) is 7.52. The summed E-state index contributed by atoms with van der Waals surface area (Å²) in [7, 11) is 0. The van der Waals surface area contributed by atoms with Crippen LogP contribution in [-0.4, -0.2) is 19.5 Å². The first-order valence-electron chi connectivity index (χ1n) is 5.45. The van der Waals surface area contributed by atoms with E-state index in [1.807, 2.05) is 4.57 Å². The van der Waals surface area contributed by atoms with Crippen molar-refractivity contribution in [2.24, 2.45) is 5.41 Å². The molecular formula is C11H17N5. The standard InChI is InChI=1S/C11H17N5/c1-4-11(2,3)5-16-7-15-8-9(12)13-6-14-10(8)16/h6-7H,4-5H2,1-3H3,(H2,12,13,14). The second-order valence-corrected chi connectivity index (χ2v) is 4.82. The third kappa shape index (κ3) is 1.85. The van der Waals surface area contributed by atoms with Crippen molar-refractivity contribution in [1.82, 2.24) is 19.5 Å². The van der Waals surface area contributed by atoms with Gasteiger partial charge in [0.1, 0.15) is 11.8 Å². The predicted octanol–water partition coefficient (Wildman–Crippen LogP) is 1.84. The molecule has 2 aromatic rings. The SMILES string of the molecule is CCC(C)(C)Cn1cnc2c(N)ncnc21. The fourth-order valence-electron chi connectivity index (χ4n) is 1.59. The lowest BCUT2D eigenvalue weighted by Gasteiger charge is -2.22. The molecule has 0 saturated carbocycles. The van der Waals surface area contributed by atoms with Crippen LogP contribution in [0, 0.1) is 5.41 Å². The molecule has 2 aromatic heterocycles. The van der Waals surface area contributed by atoms with Crippen LogP contribution in [0.3, 0.4) is 0 Å². The molecule has 0 aliphatic heterocycles. The quantitative estimate of drug-likeness (QED) is 0.855. The van der Waals surface area contributed by atoms with Crippen molar-refractivity contribution in [3.8, 4) is 0 Å². The van der Waals surface area contributed by atoms with Gasteiger partial charge < -0.3 is 10.3 Å². The smallest absolute Gasteiger partial charge is 0.165 e. The van der Waals surface area contributed by atoms with Gasteiger partial charge in [0.05, 0.1) is 6.33 Å². The van der Waals surface area contributed by atoms with Gasteiger partial charge in [-0.1, -0.05) is 20.8 Å². The van der Waals surface area contributed by atoms with Gasteiger partial charge in [0.25, 0.3) is 0 Å². The molecule has 0 unspecified atom stereocenters. The van der Waals surface area contributed by atoms with Crippen LogP contribution in [-0.2, 0) is 6.54 Å². The van der Waals surface area contributed by atoms with Gasteiger partial charge in [-0.25, -0.2) is 15.0 Å². The van der Waals surface area contributed by atoms with Crippen LogP contribution in [0.4, 0.5) is 5.82 Å². The van der Waals surface area contributed by atoms with Crippen LogP contribution in [0.15, 0.2) is 12.7 Å². The third-order valence-electron chi connectivity index (χ3n) is 2.99. The summed E-state index contributed by atoms with van der Waals surface area (Å²) in [6.07, 6.45) is 4.37. The maximum absolute atomic E-state index is 5.74. The number of anilines is 1. The average molecular weight is 219 g/mol. The lowest BCUT2D eigenvalue weighted by atomic mass is 9.90. The zero-order valence-corrected chi connectivity index (χ0v) is 9.94. The Morgan fingerprint density at radius 2 is 2.06 bits per heavy atom. The van der Waals surface area contributed by atoms with E-state index in [2.05, 4.69) is 35.7 Å². The largest absolute Gasteiger partial charge is 0.382 e. The molecule has 0 fully saturated rings. The molecule has 16 heavy (non-hydrogen) atoms. The Labute approximate surface area is 94.7 Å². The maximum atomic E-state index is 5.74. The molecule has 2 N–H and O–H groups in total. The number of aromatic nitrogens is 4. The fraction of sp³-hybridized carbons (Fsp3) is 0.545. The van der Waals surface area contributed by atoms with Crippen molar-refractivity contribution in [1.29, 1.82) is 0 Å². The highest BCUT2D eigenvalue weighted by Crippen LogP contribution is 2.24. The normalized spacial score (nSPS) is 12.2. The van der Waals surface area contributed by atoms with Gasteiger partial charge in [0.15, 0.2) is 11.5 Å². The number of nitrogens with two attached hydrogens (primary N) is 1. The highest BCUT2D eigenvalue weighted by Gasteiger charge is 2.18. The van der Waals surface area contributed by atoms with E-state index in [0.29, 0.717) is 11.3 Å². The average Bonchev–Trinajstić information content (AvgIpc) is 2.63. The van der Waals surface area contributed by atoms with Crippen LogP contribution in [0.2, 0.25) is 0 Å². The van der Waals surface area contributed by atoms with Gasteiger partial charge in [-0.3, -0.25) is 0 Å². The Morgan fingerprint density at radius 3 is 2.75 bits per heavy atom. The molecule has 0 saturated heterocycles. The Morgan fingerprint density at radius 1 is 1.31 bits per heavy atom. The molecule has 0 bridgehead atoms. The summed E-state index contributed by atoms with van der Waals surface area (Å²) in [5.74, 6) is 0.443. The van der Waals surface area contributed by atoms with Gasteiger partial charge in [0.2, 0.25) is 0 Å².